The lowest BCUT2D eigenvalue weighted by Crippen LogP contribution is -2.31. The molecule has 0 radical (unpaired) electrons. The highest BCUT2D eigenvalue weighted by Gasteiger charge is 2.22. The zero-order valence-corrected chi connectivity index (χ0v) is 17.9. The van der Waals surface area contributed by atoms with Crippen LogP contribution in [0.25, 0.3) is 10.2 Å². The Morgan fingerprint density at radius 3 is 2.54 bits per heavy atom. The van der Waals surface area contributed by atoms with Crippen molar-refractivity contribution >= 4 is 21.6 Å². The van der Waals surface area contributed by atoms with Crippen LogP contribution in [-0.2, 0) is 25.9 Å². The molecule has 0 amide bonds. The molecule has 4 nitrogen and oxygen atoms in total. The molecule has 0 fully saturated rings. The number of aryl methyl sites for hydroxylation is 3. The fourth-order valence-corrected chi connectivity index (χ4v) is 5.36. The third-order valence-corrected chi connectivity index (χ3v) is 7.06. The van der Waals surface area contributed by atoms with E-state index in [1.165, 1.54) is 28.8 Å². The Bertz CT molecular complexity index is 1030. The van der Waals surface area contributed by atoms with Gasteiger partial charge in [0, 0.05) is 4.88 Å². The molecule has 4 rings (SSSR count). The first-order valence-corrected chi connectivity index (χ1v) is 11.2. The van der Waals surface area contributed by atoms with E-state index in [2.05, 4.69) is 49.9 Å². The molecule has 3 aromatic rings. The Hall–Kier alpha value is -1.98. The van der Waals surface area contributed by atoms with Gasteiger partial charge in [0.15, 0.2) is 0 Å². The number of aromatic nitrogens is 2. The van der Waals surface area contributed by atoms with Gasteiger partial charge in [-0.25, -0.2) is 4.98 Å². The molecule has 0 spiro atoms. The van der Waals surface area contributed by atoms with Crippen molar-refractivity contribution in [2.75, 3.05) is 13.1 Å². The van der Waals surface area contributed by atoms with Crippen molar-refractivity contribution in [3.8, 4) is 0 Å². The lowest BCUT2D eigenvalue weighted by atomic mass is 9.97. The summed E-state index contributed by atoms with van der Waals surface area (Å²) in [5.41, 5.74) is 3.81. The van der Waals surface area contributed by atoms with Crippen LogP contribution in [0.5, 0.6) is 0 Å². The smallest absolute Gasteiger partial charge is 0.262 e. The van der Waals surface area contributed by atoms with Gasteiger partial charge in [0.2, 0.25) is 0 Å². The van der Waals surface area contributed by atoms with Crippen molar-refractivity contribution in [2.24, 2.45) is 0 Å². The Balaban J connectivity index is 1.86. The van der Waals surface area contributed by atoms with E-state index in [1.54, 1.807) is 11.3 Å². The summed E-state index contributed by atoms with van der Waals surface area (Å²) >= 11 is 1.74. The summed E-state index contributed by atoms with van der Waals surface area (Å²) in [4.78, 5) is 23.3. The number of rotatable bonds is 6. The summed E-state index contributed by atoms with van der Waals surface area (Å²) in [6.07, 6.45) is 4.52. The molecule has 5 heteroatoms. The van der Waals surface area contributed by atoms with Crippen LogP contribution in [0.15, 0.2) is 29.1 Å². The average Bonchev–Trinajstić information content (AvgIpc) is 3.08. The van der Waals surface area contributed by atoms with Crippen LogP contribution in [0.4, 0.5) is 0 Å². The number of benzene rings is 1. The molecule has 0 saturated carbocycles. The molecule has 0 unspecified atom stereocenters. The van der Waals surface area contributed by atoms with Gasteiger partial charge in [-0.05, 0) is 56.8 Å². The predicted octanol–water partition coefficient (Wildman–Crippen LogP) is 4.54. The molecule has 28 heavy (non-hydrogen) atoms. The van der Waals surface area contributed by atoms with Gasteiger partial charge in [0.25, 0.3) is 5.56 Å². The van der Waals surface area contributed by atoms with E-state index in [-0.39, 0.29) is 5.56 Å². The molecule has 0 atom stereocenters. The molecule has 1 aliphatic rings. The normalized spacial score (nSPS) is 14.0. The van der Waals surface area contributed by atoms with E-state index in [1.807, 2.05) is 4.57 Å². The minimum Gasteiger partial charge on any atom is -0.297 e. The molecule has 0 bridgehead atoms. The van der Waals surface area contributed by atoms with Crippen molar-refractivity contribution in [1.29, 1.82) is 0 Å². The van der Waals surface area contributed by atoms with Crippen molar-refractivity contribution < 1.29 is 0 Å². The fourth-order valence-electron chi connectivity index (χ4n) is 4.09. The Morgan fingerprint density at radius 2 is 1.82 bits per heavy atom. The van der Waals surface area contributed by atoms with Gasteiger partial charge in [-0.3, -0.25) is 14.3 Å². The van der Waals surface area contributed by atoms with E-state index in [4.69, 9.17) is 4.98 Å². The highest BCUT2D eigenvalue weighted by Crippen LogP contribution is 2.34. The van der Waals surface area contributed by atoms with Crippen LogP contribution in [0, 0.1) is 6.92 Å². The quantitative estimate of drug-likeness (QED) is 0.615. The van der Waals surface area contributed by atoms with Crippen LogP contribution < -0.4 is 5.56 Å². The summed E-state index contributed by atoms with van der Waals surface area (Å²) in [6, 6.07) is 8.47. The standard InChI is InChI=1S/C23H29N3OS/c1-4-25(5-2)15-20-24-22-21(18-8-6-7-9-19(18)28-22)23(27)26(20)14-17-12-10-16(3)11-13-17/h10-13H,4-9,14-15H2,1-3H3. The van der Waals surface area contributed by atoms with Gasteiger partial charge >= 0.3 is 0 Å². The largest absolute Gasteiger partial charge is 0.297 e. The highest BCUT2D eigenvalue weighted by atomic mass is 32.1. The number of hydrogen-bond donors (Lipinski definition) is 0. The van der Waals surface area contributed by atoms with Gasteiger partial charge in [0.1, 0.15) is 10.7 Å². The first-order valence-electron chi connectivity index (χ1n) is 10.4. The maximum Gasteiger partial charge on any atom is 0.262 e. The first kappa shape index (κ1) is 19.3. The Labute approximate surface area is 170 Å². The lowest BCUT2D eigenvalue weighted by Gasteiger charge is -2.20. The van der Waals surface area contributed by atoms with Crippen LogP contribution in [0.1, 0.15) is 54.1 Å². The lowest BCUT2D eigenvalue weighted by molar-refractivity contribution is 0.282. The maximum atomic E-state index is 13.6. The van der Waals surface area contributed by atoms with Gasteiger partial charge in [-0.2, -0.15) is 0 Å². The van der Waals surface area contributed by atoms with Crippen LogP contribution in [0.3, 0.4) is 0 Å². The van der Waals surface area contributed by atoms with Crippen LogP contribution >= 0.6 is 11.3 Å². The number of hydrogen-bond acceptors (Lipinski definition) is 4. The monoisotopic (exact) mass is 395 g/mol. The fraction of sp³-hybridized carbons (Fsp3) is 0.478. The first-order chi connectivity index (χ1) is 13.6. The number of fused-ring (bicyclic) bond motifs is 3. The summed E-state index contributed by atoms with van der Waals surface area (Å²) in [5.74, 6) is 0.889. The molecule has 1 aromatic carbocycles. The highest BCUT2D eigenvalue weighted by molar-refractivity contribution is 7.18. The van der Waals surface area contributed by atoms with Crippen molar-refractivity contribution in [2.45, 2.75) is 59.5 Å². The molecule has 1 aliphatic carbocycles. The topological polar surface area (TPSA) is 38.1 Å². The van der Waals surface area contributed by atoms with Gasteiger partial charge < -0.3 is 0 Å². The molecule has 148 valence electrons. The second-order valence-corrected chi connectivity index (χ2v) is 8.84. The molecular weight excluding hydrogens is 366 g/mol. The van der Waals surface area contributed by atoms with E-state index in [0.717, 1.165) is 47.5 Å². The van der Waals surface area contributed by atoms with E-state index in [0.29, 0.717) is 13.1 Å². The van der Waals surface area contributed by atoms with Crippen molar-refractivity contribution in [3.05, 3.63) is 62.0 Å². The SMILES string of the molecule is CCN(CC)Cc1nc2sc3c(c2c(=O)n1Cc1ccc(C)cc1)CCCC3. The third kappa shape index (κ3) is 3.65. The maximum absolute atomic E-state index is 13.6. The minimum absolute atomic E-state index is 0.145. The predicted molar refractivity (Wildman–Crippen MR) is 117 cm³/mol. The molecule has 0 N–H and O–H groups in total. The summed E-state index contributed by atoms with van der Waals surface area (Å²) in [6.45, 7) is 9.62. The van der Waals surface area contributed by atoms with Gasteiger partial charge in [-0.15, -0.1) is 11.3 Å². The zero-order chi connectivity index (χ0) is 19.7. The van der Waals surface area contributed by atoms with Crippen LogP contribution in [-0.4, -0.2) is 27.5 Å². The second kappa shape index (κ2) is 8.18. The Kier molecular flexibility index (Phi) is 5.65. The summed E-state index contributed by atoms with van der Waals surface area (Å²) in [7, 11) is 0. The van der Waals surface area contributed by atoms with E-state index < -0.39 is 0 Å². The van der Waals surface area contributed by atoms with E-state index in [9.17, 15) is 4.79 Å². The van der Waals surface area contributed by atoms with Crippen LogP contribution in [0.2, 0.25) is 0 Å². The summed E-state index contributed by atoms with van der Waals surface area (Å²) < 4.78 is 1.92. The molecular formula is C23H29N3OS. The third-order valence-electron chi connectivity index (χ3n) is 5.87. The number of thiophene rings is 1. The minimum atomic E-state index is 0.145. The van der Waals surface area contributed by atoms with Gasteiger partial charge in [0.05, 0.1) is 18.5 Å². The number of nitrogens with zero attached hydrogens (tertiary/aromatic N) is 3. The van der Waals surface area contributed by atoms with Gasteiger partial charge in [-0.1, -0.05) is 43.7 Å². The molecule has 2 aromatic heterocycles. The summed E-state index contributed by atoms with van der Waals surface area (Å²) in [5, 5.41) is 0.884. The molecule has 2 heterocycles. The Morgan fingerprint density at radius 1 is 1.11 bits per heavy atom. The zero-order valence-electron chi connectivity index (χ0n) is 17.1. The second-order valence-electron chi connectivity index (χ2n) is 7.76. The molecule has 0 saturated heterocycles. The molecule has 0 aliphatic heterocycles. The van der Waals surface area contributed by atoms with Crippen molar-refractivity contribution in [1.82, 2.24) is 14.5 Å². The van der Waals surface area contributed by atoms with E-state index >= 15 is 0 Å². The van der Waals surface area contributed by atoms with Crippen molar-refractivity contribution in [3.63, 3.8) is 0 Å². The average molecular weight is 396 g/mol.